The molecule has 0 bridgehead atoms. The molecule has 1 aliphatic heterocycles. The largest absolute Gasteiger partial charge is 0.496 e. The number of nitrogens with zero attached hydrogens (tertiary/aromatic N) is 6. The first kappa shape index (κ1) is 19.8. The van der Waals surface area contributed by atoms with Crippen LogP contribution in [0.1, 0.15) is 29.2 Å². The van der Waals surface area contributed by atoms with Crippen molar-refractivity contribution >= 4 is 17.4 Å². The average Bonchev–Trinajstić information content (AvgIpc) is 3.41. The molecule has 164 valence electrons. The molecular weight excluding hydrogens is 414 g/mol. The lowest BCUT2D eigenvalue weighted by Gasteiger charge is -2.26. The van der Waals surface area contributed by atoms with Crippen molar-refractivity contribution in [1.82, 2.24) is 29.6 Å². The first-order valence-corrected chi connectivity index (χ1v) is 9.90. The summed E-state index contributed by atoms with van der Waals surface area (Å²) in [6, 6.07) is 7.19. The molecule has 1 amide bonds. The quantitative estimate of drug-likeness (QED) is 0.507. The molecule has 1 unspecified atom stereocenters. The molecule has 0 saturated carbocycles. The monoisotopic (exact) mass is 435 g/mol. The zero-order chi connectivity index (χ0) is 22.4. The Labute approximate surface area is 182 Å². The first-order chi connectivity index (χ1) is 15.5. The number of aromatic nitrogens is 6. The van der Waals surface area contributed by atoms with Gasteiger partial charge in [0.05, 0.1) is 27.0 Å². The number of rotatable bonds is 5. The van der Waals surface area contributed by atoms with Crippen molar-refractivity contribution < 1.29 is 19.0 Å². The zero-order valence-electron chi connectivity index (χ0n) is 18.0. The minimum Gasteiger partial charge on any atom is -0.496 e. The van der Waals surface area contributed by atoms with Crippen LogP contribution in [0.25, 0.3) is 11.5 Å². The topological polar surface area (TPSA) is 118 Å². The number of nitrogens with one attached hydrogen (secondary N) is 1. The van der Waals surface area contributed by atoms with Crippen molar-refractivity contribution in [2.24, 2.45) is 0 Å². The lowest BCUT2D eigenvalue weighted by molar-refractivity contribution is -0.116. The van der Waals surface area contributed by atoms with E-state index in [9.17, 15) is 4.79 Å². The van der Waals surface area contributed by atoms with Crippen LogP contribution in [-0.2, 0) is 4.79 Å². The third kappa shape index (κ3) is 3.01. The highest BCUT2D eigenvalue weighted by atomic mass is 16.5. The van der Waals surface area contributed by atoms with Crippen molar-refractivity contribution in [2.45, 2.75) is 19.3 Å². The van der Waals surface area contributed by atoms with Gasteiger partial charge in [-0.3, -0.25) is 4.79 Å². The third-order valence-corrected chi connectivity index (χ3v) is 5.58. The second-order valence-electron chi connectivity index (χ2n) is 7.34. The summed E-state index contributed by atoms with van der Waals surface area (Å²) in [7, 11) is 4.73. The summed E-state index contributed by atoms with van der Waals surface area (Å²) in [4.78, 5) is 12.8. The number of hydrogen-bond acceptors (Lipinski definition) is 8. The molecule has 1 aliphatic rings. The fourth-order valence-corrected chi connectivity index (χ4v) is 4.14. The van der Waals surface area contributed by atoms with Crippen LogP contribution in [0, 0.1) is 6.92 Å². The highest BCUT2D eigenvalue weighted by Crippen LogP contribution is 2.46. The van der Waals surface area contributed by atoms with Gasteiger partial charge in [0.15, 0.2) is 23.0 Å². The molecule has 0 aliphatic carbocycles. The van der Waals surface area contributed by atoms with Crippen molar-refractivity contribution in [1.29, 1.82) is 0 Å². The number of carbonyl (C=O) groups is 1. The van der Waals surface area contributed by atoms with Crippen molar-refractivity contribution in [3.05, 3.63) is 47.4 Å². The first-order valence-electron chi connectivity index (χ1n) is 9.90. The fourth-order valence-electron chi connectivity index (χ4n) is 4.14. The molecule has 0 radical (unpaired) electrons. The minimum absolute atomic E-state index is 0.133. The predicted octanol–water partition coefficient (Wildman–Crippen LogP) is 2.12. The van der Waals surface area contributed by atoms with Crippen LogP contribution < -0.4 is 19.5 Å². The fraction of sp³-hybridized carbons (Fsp3) is 0.286. The zero-order valence-corrected chi connectivity index (χ0v) is 18.0. The normalized spacial score (nSPS) is 15.4. The van der Waals surface area contributed by atoms with Gasteiger partial charge in [-0.2, -0.15) is 14.3 Å². The molecule has 1 aromatic carbocycles. The van der Waals surface area contributed by atoms with Crippen LogP contribution in [0.5, 0.6) is 17.2 Å². The van der Waals surface area contributed by atoms with E-state index in [2.05, 4.69) is 25.7 Å². The average molecular weight is 435 g/mol. The predicted molar refractivity (Wildman–Crippen MR) is 114 cm³/mol. The van der Waals surface area contributed by atoms with Gasteiger partial charge in [0, 0.05) is 29.5 Å². The summed E-state index contributed by atoms with van der Waals surface area (Å²) >= 11 is 0. The summed E-state index contributed by atoms with van der Waals surface area (Å²) in [5.74, 6) is 2.38. The molecule has 32 heavy (non-hydrogen) atoms. The SMILES string of the molecule is COc1cc(OC)c(C2CC(=O)Nc3c2c(C)nn3-c2ccc3nncn3n2)cc1OC. The van der Waals surface area contributed by atoms with Crippen molar-refractivity contribution in [3.8, 4) is 23.1 Å². The Morgan fingerprint density at radius 1 is 1.03 bits per heavy atom. The van der Waals surface area contributed by atoms with Gasteiger partial charge in [0.25, 0.3) is 0 Å². The number of benzene rings is 1. The van der Waals surface area contributed by atoms with Crippen LogP contribution in [0.2, 0.25) is 0 Å². The van der Waals surface area contributed by atoms with E-state index in [1.54, 1.807) is 48.7 Å². The van der Waals surface area contributed by atoms with Gasteiger partial charge in [-0.05, 0) is 25.1 Å². The van der Waals surface area contributed by atoms with E-state index in [4.69, 9.17) is 14.2 Å². The Balaban J connectivity index is 1.68. The molecule has 0 spiro atoms. The number of amides is 1. The Hall–Kier alpha value is -4.15. The van der Waals surface area contributed by atoms with Crippen LogP contribution in [0.4, 0.5) is 5.82 Å². The Morgan fingerprint density at radius 3 is 2.53 bits per heavy atom. The lowest BCUT2D eigenvalue weighted by atomic mass is 9.85. The van der Waals surface area contributed by atoms with Gasteiger partial charge in [0.1, 0.15) is 17.9 Å². The Bertz CT molecular complexity index is 1340. The van der Waals surface area contributed by atoms with Crippen LogP contribution in [0.15, 0.2) is 30.6 Å². The number of carbonyl (C=O) groups excluding carboxylic acids is 1. The summed E-state index contributed by atoms with van der Waals surface area (Å²) in [6.45, 7) is 1.91. The molecule has 0 fully saturated rings. The Morgan fingerprint density at radius 2 is 1.78 bits per heavy atom. The Kier molecular flexibility index (Phi) is 4.65. The second kappa shape index (κ2) is 7.52. The van der Waals surface area contributed by atoms with Gasteiger partial charge < -0.3 is 19.5 Å². The number of ether oxygens (including phenoxy) is 3. The van der Waals surface area contributed by atoms with E-state index in [-0.39, 0.29) is 18.2 Å². The number of methoxy groups -OCH3 is 3. The molecule has 3 aromatic heterocycles. The molecule has 1 atom stereocenters. The molecule has 4 heterocycles. The van der Waals surface area contributed by atoms with E-state index in [1.807, 2.05) is 13.0 Å². The lowest BCUT2D eigenvalue weighted by Crippen LogP contribution is -2.25. The number of fused-ring (bicyclic) bond motifs is 2. The van der Waals surface area contributed by atoms with Gasteiger partial charge in [-0.25, -0.2) is 0 Å². The van der Waals surface area contributed by atoms with E-state index >= 15 is 0 Å². The van der Waals surface area contributed by atoms with Gasteiger partial charge in [0.2, 0.25) is 5.91 Å². The molecular formula is C21H21N7O4. The summed E-state index contributed by atoms with van der Waals surface area (Å²) in [6.07, 6.45) is 1.75. The summed E-state index contributed by atoms with van der Waals surface area (Å²) in [5, 5.41) is 20.0. The van der Waals surface area contributed by atoms with E-state index < -0.39 is 0 Å². The van der Waals surface area contributed by atoms with Crippen molar-refractivity contribution in [2.75, 3.05) is 26.6 Å². The highest BCUT2D eigenvalue weighted by Gasteiger charge is 2.35. The number of anilines is 1. The molecule has 0 saturated heterocycles. The van der Waals surface area contributed by atoms with E-state index in [0.717, 1.165) is 16.8 Å². The summed E-state index contributed by atoms with van der Waals surface area (Å²) < 4.78 is 19.7. The highest BCUT2D eigenvalue weighted by molar-refractivity contribution is 5.95. The van der Waals surface area contributed by atoms with Gasteiger partial charge in [-0.1, -0.05) is 0 Å². The maximum Gasteiger partial charge on any atom is 0.226 e. The standard InChI is InChI=1S/C21H21N7O4/c1-11-20-13(12-7-15(31-3)16(32-4)9-14(12)30-2)8-19(29)23-21(20)28(25-11)18-6-5-17-24-22-10-27(17)26-18/h5-7,9-10,13H,8H2,1-4H3,(H,23,29). The van der Waals surface area contributed by atoms with Crippen molar-refractivity contribution in [3.63, 3.8) is 0 Å². The molecule has 11 heteroatoms. The maximum atomic E-state index is 12.8. The van der Waals surface area contributed by atoms with E-state index in [0.29, 0.717) is 34.5 Å². The van der Waals surface area contributed by atoms with E-state index in [1.165, 1.54) is 6.33 Å². The van der Waals surface area contributed by atoms with Gasteiger partial charge >= 0.3 is 0 Å². The van der Waals surface area contributed by atoms with Gasteiger partial charge in [-0.15, -0.1) is 15.3 Å². The maximum absolute atomic E-state index is 12.8. The number of hydrogen-bond donors (Lipinski definition) is 1. The summed E-state index contributed by atoms with van der Waals surface area (Å²) in [5.41, 5.74) is 3.09. The molecule has 4 aromatic rings. The number of aryl methyl sites for hydroxylation is 1. The third-order valence-electron chi connectivity index (χ3n) is 5.58. The second-order valence-corrected chi connectivity index (χ2v) is 7.34. The van der Waals surface area contributed by atoms with Crippen LogP contribution in [0.3, 0.4) is 0 Å². The minimum atomic E-state index is -0.291. The molecule has 1 N–H and O–H groups in total. The smallest absolute Gasteiger partial charge is 0.226 e. The van der Waals surface area contributed by atoms with Crippen LogP contribution >= 0.6 is 0 Å². The molecule has 5 rings (SSSR count). The van der Waals surface area contributed by atoms with Crippen LogP contribution in [-0.4, -0.2) is 56.8 Å². The molecule has 11 nitrogen and oxygen atoms in total.